The summed E-state index contributed by atoms with van der Waals surface area (Å²) in [5.74, 6) is 1.48. The molecule has 0 spiro atoms. The number of hydrogen-bond acceptors (Lipinski definition) is 6. The molecule has 7 nitrogen and oxygen atoms in total. The zero-order valence-electron chi connectivity index (χ0n) is 19.7. The number of amides is 1. The molecule has 2 aromatic carbocycles. The molecule has 7 heteroatoms. The first-order valence-corrected chi connectivity index (χ1v) is 11.9. The predicted molar refractivity (Wildman–Crippen MR) is 129 cm³/mol. The fraction of sp³-hybridized carbons (Fsp3) is 0.500. The number of hydroxylamine groups is 1. The van der Waals surface area contributed by atoms with Crippen LogP contribution in [0.2, 0.25) is 0 Å². The second kappa shape index (κ2) is 11.4. The number of carbonyl (C=O) groups excluding carboxylic acids is 1. The number of rotatable bonds is 9. The number of hydrogen-bond donors (Lipinski definition) is 1. The van der Waals surface area contributed by atoms with E-state index in [1.807, 2.05) is 12.1 Å². The van der Waals surface area contributed by atoms with Crippen LogP contribution in [0.4, 0.5) is 5.69 Å². The lowest BCUT2D eigenvalue weighted by Crippen LogP contribution is -2.56. The van der Waals surface area contributed by atoms with Crippen LogP contribution < -0.4 is 19.9 Å². The molecule has 0 aromatic heterocycles. The topological polar surface area (TPSA) is 63.3 Å². The molecule has 1 heterocycles. The van der Waals surface area contributed by atoms with Crippen LogP contribution in [0.1, 0.15) is 31.2 Å². The van der Waals surface area contributed by atoms with Crippen molar-refractivity contribution in [1.82, 2.24) is 10.4 Å². The highest BCUT2D eigenvalue weighted by Crippen LogP contribution is 2.36. The summed E-state index contributed by atoms with van der Waals surface area (Å²) in [7, 11) is 3.15. The van der Waals surface area contributed by atoms with Crippen molar-refractivity contribution in [2.45, 2.75) is 44.2 Å². The Bertz CT molecular complexity index is 902. The molecule has 4 rings (SSSR count). The molecule has 1 atom stereocenters. The van der Waals surface area contributed by atoms with Crippen LogP contribution >= 0.6 is 0 Å². The van der Waals surface area contributed by atoms with Gasteiger partial charge in [0.05, 0.1) is 26.9 Å². The van der Waals surface area contributed by atoms with Crippen LogP contribution in [-0.4, -0.2) is 63.4 Å². The number of benzene rings is 2. The number of nitrogens with zero attached hydrogens (tertiary/aromatic N) is 2. The molecule has 33 heavy (non-hydrogen) atoms. The van der Waals surface area contributed by atoms with Crippen molar-refractivity contribution in [2.24, 2.45) is 0 Å². The summed E-state index contributed by atoms with van der Waals surface area (Å²) in [5, 5.41) is 0. The highest BCUT2D eigenvalue weighted by atomic mass is 16.6. The summed E-state index contributed by atoms with van der Waals surface area (Å²) < 4.78 is 12.0. The van der Waals surface area contributed by atoms with E-state index in [0.29, 0.717) is 6.54 Å². The van der Waals surface area contributed by atoms with Crippen LogP contribution in [0.3, 0.4) is 0 Å². The Morgan fingerprint density at radius 3 is 2.55 bits per heavy atom. The van der Waals surface area contributed by atoms with Crippen LogP contribution in [0.5, 0.6) is 11.5 Å². The molecule has 2 aromatic rings. The SMILES string of the molecule is CONC(=O)CN1CCN(c2ccc(OC)c(OC3CCCC3)c2)C(Cc2ccccc2)C1. The number of piperazine rings is 1. The molecular weight excluding hydrogens is 418 g/mol. The first kappa shape index (κ1) is 23.4. The van der Waals surface area contributed by atoms with E-state index in [0.717, 1.165) is 56.1 Å². The van der Waals surface area contributed by atoms with Gasteiger partial charge in [-0.15, -0.1) is 0 Å². The van der Waals surface area contributed by atoms with Gasteiger partial charge in [-0.05, 0) is 49.8 Å². The Morgan fingerprint density at radius 2 is 1.82 bits per heavy atom. The maximum Gasteiger partial charge on any atom is 0.257 e. The van der Waals surface area contributed by atoms with E-state index in [1.54, 1.807) is 7.11 Å². The lowest BCUT2D eigenvalue weighted by molar-refractivity contribution is -0.132. The van der Waals surface area contributed by atoms with Crippen molar-refractivity contribution in [3.8, 4) is 11.5 Å². The van der Waals surface area contributed by atoms with Crippen LogP contribution in [-0.2, 0) is 16.1 Å². The van der Waals surface area contributed by atoms with E-state index >= 15 is 0 Å². The lowest BCUT2D eigenvalue weighted by Gasteiger charge is -2.43. The normalized spacial score (nSPS) is 19.5. The molecule has 2 aliphatic rings. The summed E-state index contributed by atoms with van der Waals surface area (Å²) >= 11 is 0. The van der Waals surface area contributed by atoms with Gasteiger partial charge in [0.25, 0.3) is 5.91 Å². The third kappa shape index (κ3) is 6.18. The van der Waals surface area contributed by atoms with Gasteiger partial charge in [0.1, 0.15) is 0 Å². The molecule has 1 N–H and O–H groups in total. The first-order valence-electron chi connectivity index (χ1n) is 11.9. The number of anilines is 1. The van der Waals surface area contributed by atoms with Gasteiger partial charge in [0, 0.05) is 37.4 Å². The summed E-state index contributed by atoms with van der Waals surface area (Å²) in [5.41, 5.74) is 4.84. The fourth-order valence-electron chi connectivity index (χ4n) is 4.94. The molecule has 0 bridgehead atoms. The van der Waals surface area contributed by atoms with Gasteiger partial charge < -0.3 is 14.4 Å². The van der Waals surface area contributed by atoms with Crippen molar-refractivity contribution in [3.63, 3.8) is 0 Å². The van der Waals surface area contributed by atoms with Crippen molar-refractivity contribution < 1.29 is 19.1 Å². The largest absolute Gasteiger partial charge is 0.493 e. The molecule has 2 fully saturated rings. The van der Waals surface area contributed by atoms with Gasteiger partial charge in [-0.1, -0.05) is 30.3 Å². The van der Waals surface area contributed by atoms with E-state index in [9.17, 15) is 4.79 Å². The Hall–Kier alpha value is -2.77. The monoisotopic (exact) mass is 453 g/mol. The van der Waals surface area contributed by atoms with Gasteiger partial charge in [-0.2, -0.15) is 0 Å². The first-order chi connectivity index (χ1) is 16.2. The number of carbonyl (C=O) groups is 1. The van der Waals surface area contributed by atoms with E-state index in [4.69, 9.17) is 14.3 Å². The summed E-state index contributed by atoms with van der Waals surface area (Å²) in [4.78, 5) is 21.5. The third-order valence-electron chi connectivity index (χ3n) is 6.54. The Labute approximate surface area is 196 Å². The van der Waals surface area contributed by atoms with E-state index < -0.39 is 0 Å². The van der Waals surface area contributed by atoms with Crippen molar-refractivity contribution in [1.29, 1.82) is 0 Å². The van der Waals surface area contributed by atoms with Crippen molar-refractivity contribution in [3.05, 3.63) is 54.1 Å². The van der Waals surface area contributed by atoms with E-state index in [-0.39, 0.29) is 18.1 Å². The van der Waals surface area contributed by atoms with Crippen molar-refractivity contribution in [2.75, 3.05) is 45.3 Å². The van der Waals surface area contributed by atoms with Crippen LogP contribution in [0, 0.1) is 0 Å². The van der Waals surface area contributed by atoms with Gasteiger partial charge in [-0.25, -0.2) is 5.48 Å². The molecule has 0 radical (unpaired) electrons. The van der Waals surface area contributed by atoms with Gasteiger partial charge in [0.15, 0.2) is 11.5 Å². The molecule has 178 valence electrons. The molecular formula is C26H35N3O4. The second-order valence-corrected chi connectivity index (χ2v) is 8.86. The minimum Gasteiger partial charge on any atom is -0.493 e. The molecule has 1 amide bonds. The third-order valence-corrected chi connectivity index (χ3v) is 6.54. The number of ether oxygens (including phenoxy) is 2. The maximum atomic E-state index is 12.1. The zero-order valence-corrected chi connectivity index (χ0v) is 19.7. The molecule has 1 saturated carbocycles. The average Bonchev–Trinajstić information content (AvgIpc) is 3.33. The van der Waals surface area contributed by atoms with Crippen LogP contribution in [0.15, 0.2) is 48.5 Å². The summed E-state index contributed by atoms with van der Waals surface area (Å²) in [6.07, 6.45) is 5.83. The van der Waals surface area contributed by atoms with E-state index in [2.05, 4.69) is 51.7 Å². The highest BCUT2D eigenvalue weighted by Gasteiger charge is 2.29. The maximum absolute atomic E-state index is 12.1. The lowest BCUT2D eigenvalue weighted by atomic mass is 10.0. The smallest absolute Gasteiger partial charge is 0.257 e. The zero-order chi connectivity index (χ0) is 23.0. The highest BCUT2D eigenvalue weighted by molar-refractivity contribution is 5.77. The average molecular weight is 454 g/mol. The van der Waals surface area contributed by atoms with Crippen molar-refractivity contribution >= 4 is 11.6 Å². The number of methoxy groups -OCH3 is 1. The fourth-order valence-corrected chi connectivity index (χ4v) is 4.94. The minimum atomic E-state index is -0.124. The van der Waals surface area contributed by atoms with Crippen LogP contribution in [0.25, 0.3) is 0 Å². The predicted octanol–water partition coefficient (Wildman–Crippen LogP) is 3.43. The summed E-state index contributed by atoms with van der Waals surface area (Å²) in [6, 6.07) is 17.0. The number of nitrogens with one attached hydrogen (secondary N) is 1. The standard InChI is InChI=1S/C26H35N3O4/c1-31-24-13-12-21(17-25(24)33-23-10-6-7-11-23)29-15-14-28(19-26(30)27-32-2)18-22(29)16-20-8-4-3-5-9-20/h3-5,8-9,12-13,17,22-23H,6-7,10-11,14-16,18-19H2,1-2H3,(H,27,30). The van der Waals surface area contributed by atoms with E-state index in [1.165, 1.54) is 25.5 Å². The molecule has 1 aliphatic heterocycles. The Kier molecular flexibility index (Phi) is 8.07. The Balaban J connectivity index is 1.55. The second-order valence-electron chi connectivity index (χ2n) is 8.86. The Morgan fingerprint density at radius 1 is 1.03 bits per heavy atom. The molecule has 1 aliphatic carbocycles. The van der Waals surface area contributed by atoms with Gasteiger partial charge >= 0.3 is 0 Å². The van der Waals surface area contributed by atoms with Gasteiger partial charge in [-0.3, -0.25) is 14.5 Å². The van der Waals surface area contributed by atoms with Gasteiger partial charge in [0.2, 0.25) is 0 Å². The quantitative estimate of drug-likeness (QED) is 0.587. The minimum absolute atomic E-state index is 0.124. The molecule has 1 saturated heterocycles. The summed E-state index contributed by atoms with van der Waals surface area (Å²) in [6.45, 7) is 2.74. The molecule has 1 unspecified atom stereocenters.